The van der Waals surface area contributed by atoms with Gasteiger partial charge >= 0.3 is 30.0 Å². The molecule has 0 amide bonds. The smallest absolute Gasteiger partial charge is 0.373 e. The lowest BCUT2D eigenvalue weighted by Crippen LogP contribution is -2.03. The quantitative estimate of drug-likeness (QED) is 0.285. The minimum atomic E-state index is -1.24. The number of phenols is 2. The van der Waals surface area contributed by atoms with Crippen LogP contribution in [0.3, 0.4) is 0 Å². The third-order valence-corrected chi connectivity index (χ3v) is 3.33. The summed E-state index contributed by atoms with van der Waals surface area (Å²) >= 11 is 0. The van der Waals surface area contributed by atoms with Gasteiger partial charge in [-0.2, -0.15) is 9.59 Å². The van der Waals surface area contributed by atoms with Crippen molar-refractivity contribution in [3.63, 3.8) is 0 Å². The van der Waals surface area contributed by atoms with Gasteiger partial charge in [-0.1, -0.05) is 6.07 Å². The molecule has 3 rings (SSSR count). The topological polar surface area (TPSA) is 250 Å². The molecule has 0 radical (unpaired) electrons. The summed E-state index contributed by atoms with van der Waals surface area (Å²) < 4.78 is 0. The summed E-state index contributed by atoms with van der Waals surface area (Å²) in [5, 5.41) is 51.3. The molecule has 0 atom stereocenters. The van der Waals surface area contributed by atoms with Gasteiger partial charge in [-0.05, 0) is 42.5 Å². The normalized spacial score (nSPS) is 8.69. The Labute approximate surface area is 195 Å². The Kier molecular flexibility index (Phi) is 12.8. The third kappa shape index (κ3) is 11.5. The van der Waals surface area contributed by atoms with Gasteiger partial charge < -0.3 is 30.6 Å². The number of hydrogen-bond acceptors (Lipinski definition) is 10. The Balaban J connectivity index is 0.000000472. The molecule has 6 N–H and O–H groups in total. The molecule has 0 saturated heterocycles. The lowest BCUT2D eigenvalue weighted by atomic mass is 10.2. The SMILES string of the molecule is O=C(O)c1ccc(O)c(O)c1.O=C(O)c1ccccn1.O=C(O)c1ccnc(C(=O)O)c1.O=C=O. The maximum absolute atomic E-state index is 10.4. The number of rotatable bonds is 4. The number of carboxylic acid groups (broad SMARTS) is 4. The zero-order chi connectivity index (χ0) is 27.0. The largest absolute Gasteiger partial charge is 0.504 e. The van der Waals surface area contributed by atoms with Crippen molar-refractivity contribution in [2.75, 3.05) is 0 Å². The molecule has 0 saturated carbocycles. The Morgan fingerprint density at radius 1 is 0.600 bits per heavy atom. The van der Waals surface area contributed by atoms with Gasteiger partial charge in [0.15, 0.2) is 11.5 Å². The molecule has 0 aliphatic carbocycles. The lowest BCUT2D eigenvalue weighted by molar-refractivity contribution is -0.191. The highest BCUT2D eigenvalue weighted by Crippen LogP contribution is 2.24. The molecule has 2 aromatic heterocycles. The fourth-order valence-corrected chi connectivity index (χ4v) is 1.83. The Bertz CT molecular complexity index is 1180. The number of phenolic OH excluding ortho intramolecular Hbond substituents is 2. The Morgan fingerprint density at radius 3 is 1.51 bits per heavy atom. The van der Waals surface area contributed by atoms with Crippen molar-refractivity contribution >= 4 is 30.0 Å². The second-order valence-electron chi connectivity index (χ2n) is 5.65. The van der Waals surface area contributed by atoms with Gasteiger partial charge in [0, 0.05) is 12.4 Å². The minimum absolute atomic E-state index is 0.0553. The molecule has 3 aromatic rings. The standard InChI is InChI=1S/C7H5NO4.C7H6O4.C6H5NO2.CO2/c9-6(10)4-1-2-8-5(3-4)7(11)12;8-5-2-1-4(7(10)11)3-6(5)9;8-6(9)5-3-1-2-4-7-5;2-1-3/h1-3H,(H,9,10)(H,11,12);1-3,8-9H,(H,10,11);1-4H,(H,8,9);. The van der Waals surface area contributed by atoms with Crippen molar-refractivity contribution in [1.29, 1.82) is 0 Å². The number of aromatic carboxylic acids is 4. The molecule has 35 heavy (non-hydrogen) atoms. The van der Waals surface area contributed by atoms with E-state index in [2.05, 4.69) is 9.97 Å². The minimum Gasteiger partial charge on any atom is -0.504 e. The van der Waals surface area contributed by atoms with Crippen LogP contribution < -0.4 is 0 Å². The van der Waals surface area contributed by atoms with Crippen molar-refractivity contribution in [2.45, 2.75) is 0 Å². The van der Waals surface area contributed by atoms with Crippen LogP contribution in [-0.2, 0) is 9.59 Å². The Hall–Kier alpha value is -5.62. The molecule has 14 nitrogen and oxygen atoms in total. The van der Waals surface area contributed by atoms with E-state index in [1.807, 2.05) is 0 Å². The highest BCUT2D eigenvalue weighted by atomic mass is 16.4. The summed E-state index contributed by atoms with van der Waals surface area (Å²) in [5.41, 5.74) is -0.324. The molecular formula is C21H16N2O12. The van der Waals surface area contributed by atoms with Crippen molar-refractivity contribution in [1.82, 2.24) is 9.97 Å². The number of nitrogens with zero attached hydrogens (tertiary/aromatic N) is 2. The molecule has 0 aliphatic heterocycles. The number of benzene rings is 1. The van der Waals surface area contributed by atoms with Crippen LogP contribution in [0.25, 0.3) is 0 Å². The summed E-state index contributed by atoms with van der Waals surface area (Å²) in [6.45, 7) is 0. The summed E-state index contributed by atoms with van der Waals surface area (Å²) in [6, 6.07) is 10.3. The van der Waals surface area contributed by atoms with E-state index in [9.17, 15) is 19.2 Å². The number of carbonyl (C=O) groups excluding carboxylic acids is 2. The monoisotopic (exact) mass is 488 g/mol. The van der Waals surface area contributed by atoms with Gasteiger partial charge in [-0.3, -0.25) is 0 Å². The first-order chi connectivity index (χ1) is 16.4. The average molecular weight is 488 g/mol. The highest BCUT2D eigenvalue weighted by Gasteiger charge is 2.08. The van der Waals surface area contributed by atoms with Crippen LogP contribution >= 0.6 is 0 Å². The average Bonchev–Trinajstić information content (AvgIpc) is 2.82. The predicted molar refractivity (Wildman–Crippen MR) is 111 cm³/mol. The van der Waals surface area contributed by atoms with E-state index >= 15 is 0 Å². The van der Waals surface area contributed by atoms with Crippen LogP contribution in [0.2, 0.25) is 0 Å². The molecule has 0 fully saturated rings. The Morgan fingerprint density at radius 2 is 1.11 bits per heavy atom. The first-order valence-corrected chi connectivity index (χ1v) is 8.76. The number of hydrogen-bond donors (Lipinski definition) is 6. The molecule has 14 heteroatoms. The predicted octanol–water partition coefficient (Wildman–Crippen LogP) is 1.47. The summed E-state index contributed by atoms with van der Waals surface area (Å²) in [7, 11) is 0. The van der Waals surface area contributed by atoms with Gasteiger partial charge in [-0.25, -0.2) is 29.1 Å². The number of pyridine rings is 2. The molecule has 0 aliphatic rings. The molecule has 0 spiro atoms. The van der Waals surface area contributed by atoms with E-state index in [1.165, 1.54) is 24.4 Å². The molecule has 0 unspecified atom stereocenters. The zero-order valence-electron chi connectivity index (χ0n) is 17.3. The van der Waals surface area contributed by atoms with E-state index in [0.29, 0.717) is 0 Å². The van der Waals surface area contributed by atoms with Crippen molar-refractivity contribution in [2.24, 2.45) is 0 Å². The van der Waals surface area contributed by atoms with Crippen LogP contribution in [0, 0.1) is 0 Å². The second-order valence-corrected chi connectivity index (χ2v) is 5.65. The highest BCUT2D eigenvalue weighted by molar-refractivity contribution is 5.92. The molecule has 182 valence electrons. The van der Waals surface area contributed by atoms with Gasteiger partial charge in [0.1, 0.15) is 11.4 Å². The summed E-state index contributed by atoms with van der Waals surface area (Å²) in [5.74, 6) is -5.28. The molecule has 2 heterocycles. The van der Waals surface area contributed by atoms with Crippen LogP contribution in [0.1, 0.15) is 41.7 Å². The van der Waals surface area contributed by atoms with E-state index in [0.717, 1.165) is 24.4 Å². The lowest BCUT2D eigenvalue weighted by Gasteiger charge is -1.97. The van der Waals surface area contributed by atoms with Crippen molar-refractivity contribution in [3.8, 4) is 11.5 Å². The van der Waals surface area contributed by atoms with E-state index in [1.54, 1.807) is 12.1 Å². The molecule has 0 bridgehead atoms. The number of aromatic nitrogens is 2. The summed E-state index contributed by atoms with van der Waals surface area (Å²) in [6.07, 6.45) is 2.84. The zero-order valence-corrected chi connectivity index (χ0v) is 17.3. The first-order valence-electron chi connectivity index (χ1n) is 8.76. The van der Waals surface area contributed by atoms with E-state index in [4.69, 9.17) is 40.2 Å². The fourth-order valence-electron chi connectivity index (χ4n) is 1.83. The number of carbonyl (C=O) groups is 4. The van der Waals surface area contributed by atoms with Crippen LogP contribution in [0.5, 0.6) is 11.5 Å². The maximum atomic E-state index is 10.4. The third-order valence-electron chi connectivity index (χ3n) is 3.33. The fraction of sp³-hybridized carbons (Fsp3) is 0. The first kappa shape index (κ1) is 29.4. The maximum Gasteiger partial charge on any atom is 0.373 e. The van der Waals surface area contributed by atoms with Crippen molar-refractivity contribution in [3.05, 3.63) is 83.4 Å². The van der Waals surface area contributed by atoms with E-state index in [-0.39, 0.29) is 34.4 Å². The van der Waals surface area contributed by atoms with Gasteiger partial charge in [-0.15, -0.1) is 0 Å². The molecule has 1 aromatic carbocycles. The van der Waals surface area contributed by atoms with Gasteiger partial charge in [0.25, 0.3) is 0 Å². The summed E-state index contributed by atoms with van der Waals surface area (Å²) in [4.78, 5) is 64.4. The van der Waals surface area contributed by atoms with Gasteiger partial charge in [0.2, 0.25) is 0 Å². The van der Waals surface area contributed by atoms with Crippen LogP contribution in [0.4, 0.5) is 0 Å². The number of aromatic hydroxyl groups is 2. The van der Waals surface area contributed by atoms with Crippen LogP contribution in [-0.4, -0.2) is 70.6 Å². The van der Waals surface area contributed by atoms with E-state index < -0.39 is 29.6 Å². The molecular weight excluding hydrogens is 472 g/mol. The van der Waals surface area contributed by atoms with Crippen molar-refractivity contribution < 1.29 is 59.4 Å². The van der Waals surface area contributed by atoms with Crippen LogP contribution in [0.15, 0.2) is 60.9 Å². The van der Waals surface area contributed by atoms with Gasteiger partial charge in [0.05, 0.1) is 11.1 Å². The second kappa shape index (κ2) is 15.2. The number of carboxylic acids is 4.